The van der Waals surface area contributed by atoms with Gasteiger partial charge in [0.1, 0.15) is 0 Å². The van der Waals surface area contributed by atoms with E-state index in [0.29, 0.717) is 11.6 Å². The summed E-state index contributed by atoms with van der Waals surface area (Å²) >= 11 is 6.10. The molecule has 0 aliphatic carbocycles. The molecule has 1 aromatic carbocycles. The highest BCUT2D eigenvalue weighted by Crippen LogP contribution is 2.37. The van der Waals surface area contributed by atoms with Crippen molar-refractivity contribution in [1.29, 1.82) is 0 Å². The van der Waals surface area contributed by atoms with Crippen LogP contribution < -0.4 is 5.32 Å². The highest BCUT2D eigenvalue weighted by molar-refractivity contribution is 6.31. The van der Waals surface area contributed by atoms with Gasteiger partial charge in [-0.25, -0.2) is 0 Å². The Labute approximate surface area is 126 Å². The molecule has 2 atom stereocenters. The van der Waals surface area contributed by atoms with Gasteiger partial charge in [-0.05, 0) is 40.2 Å². The summed E-state index contributed by atoms with van der Waals surface area (Å²) in [6, 6.07) is 7.62. The molecule has 0 amide bonds. The molecule has 0 spiro atoms. The van der Waals surface area contributed by atoms with Gasteiger partial charge in [0.15, 0.2) is 0 Å². The van der Waals surface area contributed by atoms with Crippen molar-refractivity contribution >= 4 is 11.6 Å². The summed E-state index contributed by atoms with van der Waals surface area (Å²) in [5, 5.41) is 14.3. The fraction of sp³-hybridized carbons (Fsp3) is 0.625. The zero-order chi connectivity index (χ0) is 15.0. The van der Waals surface area contributed by atoms with Crippen LogP contribution in [-0.2, 0) is 4.74 Å². The van der Waals surface area contributed by atoms with Crippen LogP contribution in [0.15, 0.2) is 24.3 Å². The van der Waals surface area contributed by atoms with Gasteiger partial charge in [0.2, 0.25) is 0 Å². The molecular weight excluding hydrogens is 274 g/mol. The number of aliphatic hydroxyl groups excluding tert-OH is 1. The van der Waals surface area contributed by atoms with E-state index in [9.17, 15) is 5.11 Å². The molecule has 0 aromatic heterocycles. The highest BCUT2D eigenvalue weighted by atomic mass is 35.5. The van der Waals surface area contributed by atoms with Crippen LogP contribution in [0, 0.1) is 0 Å². The van der Waals surface area contributed by atoms with Crippen molar-refractivity contribution in [3.05, 3.63) is 34.9 Å². The van der Waals surface area contributed by atoms with E-state index in [-0.39, 0.29) is 17.2 Å². The quantitative estimate of drug-likeness (QED) is 0.896. The van der Waals surface area contributed by atoms with Crippen molar-refractivity contribution < 1.29 is 9.84 Å². The van der Waals surface area contributed by atoms with Crippen LogP contribution in [-0.4, -0.2) is 28.9 Å². The second-order valence-electron chi connectivity index (χ2n) is 6.67. The zero-order valence-electron chi connectivity index (χ0n) is 12.6. The van der Waals surface area contributed by atoms with Gasteiger partial charge in [-0.2, -0.15) is 0 Å². The molecule has 3 nitrogen and oxygen atoms in total. The predicted octanol–water partition coefficient (Wildman–Crippen LogP) is 3.31. The lowest BCUT2D eigenvalue weighted by Crippen LogP contribution is -2.44. The first-order valence-corrected chi connectivity index (χ1v) is 7.45. The predicted molar refractivity (Wildman–Crippen MR) is 82.1 cm³/mol. The summed E-state index contributed by atoms with van der Waals surface area (Å²) in [5.41, 5.74) is 0.401. The van der Waals surface area contributed by atoms with E-state index in [1.54, 1.807) is 6.07 Å². The largest absolute Gasteiger partial charge is 0.387 e. The minimum absolute atomic E-state index is 0.128. The molecule has 0 saturated carbocycles. The number of aliphatic hydroxyl groups is 1. The Kier molecular flexibility index (Phi) is 4.45. The molecule has 0 bridgehead atoms. The Morgan fingerprint density at radius 1 is 1.35 bits per heavy atom. The Hall–Kier alpha value is -0.610. The molecule has 1 fully saturated rings. The van der Waals surface area contributed by atoms with Crippen molar-refractivity contribution in [1.82, 2.24) is 5.32 Å². The Morgan fingerprint density at radius 3 is 2.55 bits per heavy atom. The van der Waals surface area contributed by atoms with E-state index in [1.165, 1.54) is 0 Å². The van der Waals surface area contributed by atoms with Gasteiger partial charge in [-0.1, -0.05) is 29.8 Å². The van der Waals surface area contributed by atoms with Crippen molar-refractivity contribution in [2.24, 2.45) is 0 Å². The van der Waals surface area contributed by atoms with E-state index in [1.807, 2.05) is 18.2 Å². The SMILES string of the molecule is CC1(C)CC(NCC(O)c2ccccc2Cl)C(C)(C)O1. The van der Waals surface area contributed by atoms with Crippen molar-refractivity contribution in [2.45, 2.75) is 57.5 Å². The molecule has 1 aliphatic rings. The van der Waals surface area contributed by atoms with Crippen LogP contribution in [0.2, 0.25) is 5.02 Å². The van der Waals surface area contributed by atoms with E-state index in [0.717, 1.165) is 12.0 Å². The van der Waals surface area contributed by atoms with Gasteiger partial charge in [0, 0.05) is 23.2 Å². The fourth-order valence-electron chi connectivity index (χ4n) is 2.99. The molecule has 2 unspecified atom stereocenters. The van der Waals surface area contributed by atoms with Gasteiger partial charge < -0.3 is 15.2 Å². The number of hydrogen-bond donors (Lipinski definition) is 2. The first-order valence-electron chi connectivity index (χ1n) is 7.07. The summed E-state index contributed by atoms with van der Waals surface area (Å²) in [6.07, 6.45) is 0.318. The lowest BCUT2D eigenvalue weighted by atomic mass is 9.94. The lowest BCUT2D eigenvalue weighted by Gasteiger charge is -2.28. The second-order valence-corrected chi connectivity index (χ2v) is 7.07. The maximum atomic E-state index is 10.3. The Bertz CT molecular complexity index is 473. The van der Waals surface area contributed by atoms with Gasteiger partial charge in [-0.15, -0.1) is 0 Å². The summed E-state index contributed by atoms with van der Waals surface area (Å²) in [5.74, 6) is 0. The van der Waals surface area contributed by atoms with E-state index >= 15 is 0 Å². The number of hydrogen-bond acceptors (Lipinski definition) is 3. The molecule has 1 saturated heterocycles. The maximum absolute atomic E-state index is 10.3. The number of benzene rings is 1. The second kappa shape index (κ2) is 5.64. The van der Waals surface area contributed by atoms with Crippen LogP contribution in [0.25, 0.3) is 0 Å². The minimum Gasteiger partial charge on any atom is -0.387 e. The van der Waals surface area contributed by atoms with Gasteiger partial charge >= 0.3 is 0 Å². The van der Waals surface area contributed by atoms with Crippen LogP contribution in [0.3, 0.4) is 0 Å². The third-order valence-electron chi connectivity index (χ3n) is 3.90. The normalized spacial score (nSPS) is 25.6. The molecular formula is C16H24ClNO2. The number of halogens is 1. The maximum Gasteiger partial charge on any atom is 0.0928 e. The molecule has 1 heterocycles. The third-order valence-corrected chi connectivity index (χ3v) is 4.24. The molecule has 4 heteroatoms. The number of rotatable bonds is 4. The molecule has 2 rings (SSSR count). The first kappa shape index (κ1) is 15.8. The smallest absolute Gasteiger partial charge is 0.0928 e. The summed E-state index contributed by atoms with van der Waals surface area (Å²) in [6.45, 7) is 8.84. The van der Waals surface area contributed by atoms with Crippen molar-refractivity contribution in [2.75, 3.05) is 6.54 Å². The molecule has 20 heavy (non-hydrogen) atoms. The summed E-state index contributed by atoms with van der Waals surface area (Å²) in [4.78, 5) is 0. The topological polar surface area (TPSA) is 41.5 Å². The summed E-state index contributed by atoms with van der Waals surface area (Å²) in [7, 11) is 0. The molecule has 1 aliphatic heterocycles. The number of ether oxygens (including phenoxy) is 1. The van der Waals surface area contributed by atoms with Gasteiger partial charge in [0.25, 0.3) is 0 Å². The molecule has 0 radical (unpaired) electrons. The molecule has 2 N–H and O–H groups in total. The molecule has 112 valence electrons. The first-order chi connectivity index (χ1) is 9.21. The van der Waals surface area contributed by atoms with Crippen molar-refractivity contribution in [3.63, 3.8) is 0 Å². The Morgan fingerprint density at radius 2 is 2.00 bits per heavy atom. The highest BCUT2D eigenvalue weighted by Gasteiger charge is 2.45. The fourth-order valence-corrected chi connectivity index (χ4v) is 3.25. The van der Waals surface area contributed by atoms with Crippen LogP contribution in [0.1, 0.15) is 45.8 Å². The Balaban J connectivity index is 1.97. The standard InChI is InChI=1S/C16H24ClNO2/c1-15(2)9-14(16(3,4)20-15)18-10-13(19)11-7-5-6-8-12(11)17/h5-8,13-14,18-19H,9-10H2,1-4H3. The zero-order valence-corrected chi connectivity index (χ0v) is 13.4. The minimum atomic E-state index is -0.608. The van der Waals surface area contributed by atoms with Gasteiger partial charge in [0.05, 0.1) is 17.3 Å². The van der Waals surface area contributed by atoms with E-state index < -0.39 is 6.10 Å². The monoisotopic (exact) mass is 297 g/mol. The van der Waals surface area contributed by atoms with Crippen LogP contribution in [0.4, 0.5) is 0 Å². The average Bonchev–Trinajstić information content (AvgIpc) is 2.54. The van der Waals surface area contributed by atoms with Crippen LogP contribution in [0.5, 0.6) is 0 Å². The summed E-state index contributed by atoms with van der Waals surface area (Å²) < 4.78 is 6.04. The number of nitrogens with one attached hydrogen (secondary N) is 1. The van der Waals surface area contributed by atoms with Gasteiger partial charge in [-0.3, -0.25) is 0 Å². The van der Waals surface area contributed by atoms with E-state index in [2.05, 4.69) is 33.0 Å². The van der Waals surface area contributed by atoms with Crippen molar-refractivity contribution in [3.8, 4) is 0 Å². The van der Waals surface area contributed by atoms with Crippen LogP contribution >= 0.6 is 11.6 Å². The average molecular weight is 298 g/mol. The molecule has 1 aromatic rings. The third kappa shape index (κ3) is 3.53. The van der Waals surface area contributed by atoms with E-state index in [4.69, 9.17) is 16.3 Å². The lowest BCUT2D eigenvalue weighted by molar-refractivity contribution is -0.0702.